The van der Waals surface area contributed by atoms with Crippen molar-refractivity contribution in [1.29, 1.82) is 0 Å². The van der Waals surface area contributed by atoms with Gasteiger partial charge in [-0.3, -0.25) is 4.90 Å². The quantitative estimate of drug-likeness (QED) is 0.640. The van der Waals surface area contributed by atoms with E-state index >= 15 is 0 Å². The van der Waals surface area contributed by atoms with E-state index in [-0.39, 0.29) is 16.2 Å². The normalized spacial score (nSPS) is 20.4. The molecule has 6 nitrogen and oxygen atoms in total. The predicted molar refractivity (Wildman–Crippen MR) is 111 cm³/mol. The zero-order valence-corrected chi connectivity index (χ0v) is 19.2. The Kier molecular flexibility index (Phi) is 6.23. The lowest BCUT2D eigenvalue weighted by molar-refractivity contribution is -0.155. The lowest BCUT2D eigenvalue weighted by Crippen LogP contribution is -2.52. The van der Waals surface area contributed by atoms with E-state index < -0.39 is 22.0 Å². The number of halogens is 3. The molecule has 1 aliphatic carbocycles. The molecule has 0 N–H and O–H groups in total. The first-order chi connectivity index (χ1) is 14.6. The summed E-state index contributed by atoms with van der Waals surface area (Å²) in [5.41, 5.74) is 0.102. The minimum atomic E-state index is -4.68. The summed E-state index contributed by atoms with van der Waals surface area (Å²) >= 11 is 1.24. The van der Waals surface area contributed by atoms with Gasteiger partial charge in [0.15, 0.2) is 0 Å². The number of thiophene rings is 1. The Morgan fingerprint density at radius 3 is 2.29 bits per heavy atom. The molecule has 0 bridgehead atoms. The maximum absolute atomic E-state index is 13.5. The van der Waals surface area contributed by atoms with Crippen LogP contribution in [0.1, 0.15) is 47.6 Å². The van der Waals surface area contributed by atoms with Gasteiger partial charge in [-0.2, -0.15) is 17.5 Å². The van der Waals surface area contributed by atoms with E-state index in [9.17, 15) is 21.6 Å². The number of sulfonamides is 1. The summed E-state index contributed by atoms with van der Waals surface area (Å²) in [6.45, 7) is 5.46. The summed E-state index contributed by atoms with van der Waals surface area (Å²) < 4.78 is 71.9. The minimum Gasteiger partial charge on any atom is -0.351 e. The van der Waals surface area contributed by atoms with Gasteiger partial charge in [0.1, 0.15) is 10.6 Å². The molecule has 11 heteroatoms. The molecule has 172 valence electrons. The molecule has 0 unspecified atom stereocenters. The van der Waals surface area contributed by atoms with Crippen LogP contribution in [0, 0.1) is 13.8 Å². The summed E-state index contributed by atoms with van der Waals surface area (Å²) in [4.78, 5) is 3.56. The topological polar surface area (TPSA) is 66.7 Å². The fraction of sp³-hybridized carbons (Fsp3) is 0.650. The summed E-state index contributed by atoms with van der Waals surface area (Å²) in [5.74, 6) is -1.24. The molecule has 2 aromatic rings. The highest BCUT2D eigenvalue weighted by Crippen LogP contribution is 2.42. The molecule has 1 saturated heterocycles. The average Bonchev–Trinajstić information content (AvgIpc) is 3.33. The van der Waals surface area contributed by atoms with E-state index in [1.165, 1.54) is 34.9 Å². The van der Waals surface area contributed by atoms with Crippen molar-refractivity contribution < 1.29 is 26.1 Å². The number of rotatable bonds is 4. The Balaban J connectivity index is 1.60. The Labute approximate surface area is 184 Å². The summed E-state index contributed by atoms with van der Waals surface area (Å²) in [6, 6.07) is 1.30. The van der Waals surface area contributed by atoms with Crippen molar-refractivity contribution in [3.8, 4) is 11.3 Å². The van der Waals surface area contributed by atoms with Crippen LogP contribution in [-0.2, 0) is 16.2 Å². The molecule has 31 heavy (non-hydrogen) atoms. The van der Waals surface area contributed by atoms with Crippen molar-refractivity contribution in [2.75, 3.05) is 26.2 Å². The van der Waals surface area contributed by atoms with Gasteiger partial charge in [0.25, 0.3) is 0 Å². The zero-order valence-electron chi connectivity index (χ0n) is 17.5. The van der Waals surface area contributed by atoms with Crippen molar-refractivity contribution in [3.63, 3.8) is 0 Å². The van der Waals surface area contributed by atoms with Gasteiger partial charge in [0, 0.05) is 53.6 Å². The van der Waals surface area contributed by atoms with Crippen molar-refractivity contribution in [2.24, 2.45) is 0 Å². The van der Waals surface area contributed by atoms with E-state index in [1.54, 1.807) is 13.8 Å². The standard InChI is InChI=1S/C20H26F3N3O3S2/c1-13-18(16-12-17(29-24-16)20(21,22)23)19(14(2)30-13)31(27,28)26-10-8-25(9-11-26)15-6-4-3-5-7-15/h12,15H,3-11H2,1-2H3. The SMILES string of the molecule is Cc1sc(C)c(S(=O)(=O)N2CCN(C3CCCCC3)CC2)c1-c1cc(C(F)(F)F)on1. The third-order valence-electron chi connectivity index (χ3n) is 6.21. The Hall–Kier alpha value is -1.43. The molecule has 0 radical (unpaired) electrons. The molecular weight excluding hydrogens is 451 g/mol. The monoisotopic (exact) mass is 477 g/mol. The van der Waals surface area contributed by atoms with Gasteiger partial charge in [-0.25, -0.2) is 8.42 Å². The molecular formula is C20H26F3N3O3S2. The average molecular weight is 478 g/mol. The minimum absolute atomic E-state index is 0.0446. The van der Waals surface area contributed by atoms with E-state index in [1.807, 2.05) is 0 Å². The van der Waals surface area contributed by atoms with Crippen LogP contribution in [0.4, 0.5) is 13.2 Å². The molecule has 2 aliphatic rings. The van der Waals surface area contributed by atoms with E-state index in [0.717, 1.165) is 18.9 Å². The van der Waals surface area contributed by atoms with Crippen LogP contribution in [0.25, 0.3) is 11.3 Å². The molecule has 0 atom stereocenters. The molecule has 2 fully saturated rings. The first-order valence-electron chi connectivity index (χ1n) is 10.5. The first kappa shape index (κ1) is 22.8. The molecule has 0 aromatic carbocycles. The lowest BCUT2D eigenvalue weighted by Gasteiger charge is -2.40. The number of aryl methyl sites for hydroxylation is 2. The highest BCUT2D eigenvalue weighted by Gasteiger charge is 2.39. The molecule has 0 amide bonds. The Morgan fingerprint density at radius 2 is 1.71 bits per heavy atom. The lowest BCUT2D eigenvalue weighted by atomic mass is 9.94. The second-order valence-corrected chi connectivity index (χ2v) is 11.5. The second-order valence-electron chi connectivity index (χ2n) is 8.22. The summed E-state index contributed by atoms with van der Waals surface area (Å²) in [5, 5.41) is 3.54. The highest BCUT2D eigenvalue weighted by atomic mass is 32.2. The van der Waals surface area contributed by atoms with E-state index in [2.05, 4.69) is 14.6 Å². The molecule has 1 saturated carbocycles. The van der Waals surface area contributed by atoms with Gasteiger partial charge in [-0.15, -0.1) is 11.3 Å². The smallest absolute Gasteiger partial charge is 0.351 e. The number of hydrogen-bond acceptors (Lipinski definition) is 6. The second kappa shape index (κ2) is 8.49. The third kappa shape index (κ3) is 4.42. The largest absolute Gasteiger partial charge is 0.452 e. The van der Waals surface area contributed by atoms with Crippen LogP contribution in [0.15, 0.2) is 15.5 Å². The van der Waals surface area contributed by atoms with Crippen LogP contribution in [0.2, 0.25) is 0 Å². The number of aromatic nitrogens is 1. The van der Waals surface area contributed by atoms with Gasteiger partial charge in [-0.05, 0) is 26.7 Å². The molecule has 3 heterocycles. The Morgan fingerprint density at radius 1 is 1.06 bits per heavy atom. The van der Waals surface area contributed by atoms with Gasteiger partial charge < -0.3 is 4.52 Å². The number of hydrogen-bond donors (Lipinski definition) is 0. The number of alkyl halides is 3. The number of piperazine rings is 1. The Bertz CT molecular complexity index is 1030. The molecule has 1 aliphatic heterocycles. The van der Waals surface area contributed by atoms with E-state index in [0.29, 0.717) is 42.0 Å². The van der Waals surface area contributed by atoms with Crippen LogP contribution in [0.3, 0.4) is 0 Å². The van der Waals surface area contributed by atoms with Gasteiger partial charge >= 0.3 is 6.18 Å². The van der Waals surface area contributed by atoms with E-state index in [4.69, 9.17) is 0 Å². The molecule has 0 spiro atoms. The molecule has 4 rings (SSSR count). The highest BCUT2D eigenvalue weighted by molar-refractivity contribution is 7.89. The third-order valence-corrected chi connectivity index (χ3v) is 9.43. The first-order valence-corrected chi connectivity index (χ1v) is 12.7. The fourth-order valence-electron chi connectivity index (χ4n) is 4.68. The van der Waals surface area contributed by atoms with Crippen LogP contribution >= 0.6 is 11.3 Å². The molecule has 2 aromatic heterocycles. The predicted octanol–water partition coefficient (Wildman–Crippen LogP) is 4.68. The summed E-state index contributed by atoms with van der Waals surface area (Å²) in [7, 11) is -3.88. The van der Waals surface area contributed by atoms with Crippen molar-refractivity contribution in [3.05, 3.63) is 21.6 Å². The van der Waals surface area contributed by atoms with Crippen LogP contribution in [-0.4, -0.2) is 55.0 Å². The van der Waals surface area contributed by atoms with Crippen LogP contribution in [0.5, 0.6) is 0 Å². The zero-order chi connectivity index (χ0) is 22.4. The summed E-state index contributed by atoms with van der Waals surface area (Å²) in [6.07, 6.45) is 1.34. The van der Waals surface area contributed by atoms with Crippen molar-refractivity contribution in [2.45, 2.75) is 63.1 Å². The number of nitrogens with zero attached hydrogens (tertiary/aromatic N) is 3. The maximum atomic E-state index is 13.5. The van der Waals surface area contributed by atoms with Crippen molar-refractivity contribution in [1.82, 2.24) is 14.4 Å². The van der Waals surface area contributed by atoms with Gasteiger partial charge in [-0.1, -0.05) is 24.4 Å². The fourth-order valence-corrected chi connectivity index (χ4v) is 7.93. The van der Waals surface area contributed by atoms with Crippen LogP contribution < -0.4 is 0 Å². The maximum Gasteiger partial charge on any atom is 0.452 e. The van der Waals surface area contributed by atoms with Gasteiger partial charge in [0.2, 0.25) is 15.8 Å². The van der Waals surface area contributed by atoms with Crippen molar-refractivity contribution >= 4 is 21.4 Å². The van der Waals surface area contributed by atoms with Gasteiger partial charge in [0.05, 0.1) is 0 Å².